The molecular weight excluding hydrogens is 346 g/mol. The van der Waals surface area contributed by atoms with Crippen molar-refractivity contribution in [1.29, 1.82) is 0 Å². The topological polar surface area (TPSA) is 55.4 Å². The van der Waals surface area contributed by atoms with E-state index in [0.29, 0.717) is 15.6 Å². The summed E-state index contributed by atoms with van der Waals surface area (Å²) in [4.78, 5) is 25.9. The average molecular weight is 364 g/mol. The highest BCUT2D eigenvalue weighted by molar-refractivity contribution is 7.14. The molecule has 0 saturated heterocycles. The van der Waals surface area contributed by atoms with Gasteiger partial charge in [0.25, 0.3) is 5.91 Å². The van der Waals surface area contributed by atoms with Gasteiger partial charge in [0.1, 0.15) is 4.88 Å². The molecule has 0 bridgehead atoms. The van der Waals surface area contributed by atoms with Gasteiger partial charge in [0, 0.05) is 15.6 Å². The van der Waals surface area contributed by atoms with E-state index in [1.54, 1.807) is 24.3 Å². The van der Waals surface area contributed by atoms with Gasteiger partial charge in [-0.1, -0.05) is 24.1 Å². The number of amides is 1. The molecule has 6 heteroatoms. The van der Waals surface area contributed by atoms with E-state index in [9.17, 15) is 9.59 Å². The van der Waals surface area contributed by atoms with Crippen LogP contribution in [0.25, 0.3) is 0 Å². The van der Waals surface area contributed by atoms with E-state index in [0.717, 1.165) is 12.8 Å². The molecule has 1 aromatic carbocycles. The number of thiophene rings is 1. The summed E-state index contributed by atoms with van der Waals surface area (Å²) >= 11 is 7.35. The zero-order valence-corrected chi connectivity index (χ0v) is 14.7. The molecule has 1 aliphatic rings. The lowest BCUT2D eigenvalue weighted by Crippen LogP contribution is -2.20. The van der Waals surface area contributed by atoms with Crippen LogP contribution in [0.2, 0.25) is 5.02 Å². The summed E-state index contributed by atoms with van der Waals surface area (Å²) in [5.41, 5.74) is 1.83. The lowest BCUT2D eigenvalue weighted by molar-refractivity contribution is -0.119. The predicted octanol–water partition coefficient (Wildman–Crippen LogP) is 4.47. The second-order valence-electron chi connectivity index (χ2n) is 5.75. The average Bonchev–Trinajstić information content (AvgIpc) is 2.84. The Morgan fingerprint density at radius 2 is 2.00 bits per heavy atom. The van der Waals surface area contributed by atoms with Crippen LogP contribution in [0.3, 0.4) is 0 Å². The monoisotopic (exact) mass is 363 g/mol. The number of aryl methyl sites for hydroxylation is 2. The quantitative estimate of drug-likeness (QED) is 0.644. The number of ether oxygens (including phenoxy) is 1. The van der Waals surface area contributed by atoms with Crippen molar-refractivity contribution in [2.24, 2.45) is 0 Å². The number of carbonyl (C=O) groups excluding carboxylic acids is 2. The van der Waals surface area contributed by atoms with Crippen molar-refractivity contribution in [3.05, 3.63) is 50.7 Å². The summed E-state index contributed by atoms with van der Waals surface area (Å²) in [7, 11) is 0. The molecule has 2 aromatic rings. The number of hydrogen-bond donors (Lipinski definition) is 1. The Balaban J connectivity index is 1.54. The highest BCUT2D eigenvalue weighted by Gasteiger charge is 2.18. The summed E-state index contributed by atoms with van der Waals surface area (Å²) in [5.74, 6) is -0.821. The summed E-state index contributed by atoms with van der Waals surface area (Å²) < 4.78 is 5.13. The number of benzene rings is 1. The van der Waals surface area contributed by atoms with Crippen molar-refractivity contribution in [1.82, 2.24) is 0 Å². The van der Waals surface area contributed by atoms with E-state index in [-0.39, 0.29) is 12.5 Å². The van der Waals surface area contributed by atoms with Crippen LogP contribution in [0.4, 0.5) is 5.69 Å². The van der Waals surface area contributed by atoms with Gasteiger partial charge in [-0.2, -0.15) is 0 Å². The van der Waals surface area contributed by atoms with E-state index in [1.165, 1.54) is 41.0 Å². The van der Waals surface area contributed by atoms with Gasteiger partial charge in [-0.3, -0.25) is 4.79 Å². The van der Waals surface area contributed by atoms with E-state index >= 15 is 0 Å². The van der Waals surface area contributed by atoms with Crippen LogP contribution in [-0.2, 0) is 22.4 Å². The second-order valence-corrected chi connectivity index (χ2v) is 7.33. The maximum atomic E-state index is 12.1. The summed E-state index contributed by atoms with van der Waals surface area (Å²) in [6.07, 6.45) is 5.63. The number of rotatable bonds is 4. The van der Waals surface area contributed by atoms with Gasteiger partial charge < -0.3 is 10.1 Å². The largest absolute Gasteiger partial charge is 0.451 e. The molecule has 4 nitrogen and oxygen atoms in total. The number of carbonyl (C=O) groups is 2. The number of esters is 1. The van der Waals surface area contributed by atoms with Crippen LogP contribution in [0.15, 0.2) is 30.3 Å². The molecule has 0 saturated carbocycles. The molecule has 1 aliphatic carbocycles. The highest BCUT2D eigenvalue weighted by Crippen LogP contribution is 2.29. The zero-order chi connectivity index (χ0) is 16.9. The molecule has 3 rings (SSSR count). The van der Waals surface area contributed by atoms with Crippen molar-refractivity contribution in [2.75, 3.05) is 11.9 Å². The van der Waals surface area contributed by atoms with Gasteiger partial charge in [0.15, 0.2) is 6.61 Å². The van der Waals surface area contributed by atoms with Gasteiger partial charge in [-0.15, -0.1) is 11.3 Å². The smallest absolute Gasteiger partial charge is 0.348 e. The van der Waals surface area contributed by atoms with Crippen molar-refractivity contribution in [2.45, 2.75) is 32.1 Å². The third-order valence-electron chi connectivity index (χ3n) is 3.89. The lowest BCUT2D eigenvalue weighted by Gasteiger charge is -2.06. The van der Waals surface area contributed by atoms with E-state index in [2.05, 4.69) is 5.32 Å². The van der Waals surface area contributed by atoms with Crippen LogP contribution < -0.4 is 5.32 Å². The number of anilines is 1. The second kappa shape index (κ2) is 7.81. The van der Waals surface area contributed by atoms with Crippen LogP contribution in [0.1, 0.15) is 39.4 Å². The van der Waals surface area contributed by atoms with Gasteiger partial charge in [0.2, 0.25) is 0 Å². The molecule has 0 spiro atoms. The number of halogens is 1. The van der Waals surface area contributed by atoms with Crippen molar-refractivity contribution >= 4 is 40.5 Å². The van der Waals surface area contributed by atoms with Crippen molar-refractivity contribution in [3.63, 3.8) is 0 Å². The standard InChI is InChI=1S/C18H18ClNO3S/c19-13-6-4-7-14(10-13)20-17(21)11-23-18(22)16-9-12-5-2-1-3-8-15(12)24-16/h4,6-7,9-10H,1-3,5,8,11H2,(H,20,21). The predicted molar refractivity (Wildman–Crippen MR) is 95.9 cm³/mol. The van der Waals surface area contributed by atoms with E-state index in [1.807, 2.05) is 6.07 Å². The molecule has 1 heterocycles. The van der Waals surface area contributed by atoms with E-state index in [4.69, 9.17) is 16.3 Å². The van der Waals surface area contributed by atoms with Crippen LogP contribution in [0, 0.1) is 0 Å². The molecule has 0 aliphatic heterocycles. The minimum absolute atomic E-state index is 0.312. The Kier molecular flexibility index (Phi) is 5.53. The van der Waals surface area contributed by atoms with Crippen molar-refractivity contribution in [3.8, 4) is 0 Å². The van der Waals surface area contributed by atoms with Crippen LogP contribution in [0.5, 0.6) is 0 Å². The molecule has 24 heavy (non-hydrogen) atoms. The Labute approximate surface area is 149 Å². The summed E-state index contributed by atoms with van der Waals surface area (Å²) in [5, 5.41) is 3.18. The van der Waals surface area contributed by atoms with Crippen LogP contribution >= 0.6 is 22.9 Å². The third-order valence-corrected chi connectivity index (χ3v) is 5.34. The normalized spacial score (nSPS) is 13.7. The molecule has 0 atom stereocenters. The first-order valence-electron chi connectivity index (χ1n) is 7.96. The molecule has 1 aromatic heterocycles. The lowest BCUT2D eigenvalue weighted by atomic mass is 10.1. The first kappa shape index (κ1) is 17.0. The van der Waals surface area contributed by atoms with Crippen LogP contribution in [-0.4, -0.2) is 18.5 Å². The van der Waals surface area contributed by atoms with Gasteiger partial charge in [-0.05, 0) is 55.5 Å². The van der Waals surface area contributed by atoms with Crippen molar-refractivity contribution < 1.29 is 14.3 Å². The summed E-state index contributed by atoms with van der Waals surface area (Å²) in [6, 6.07) is 8.74. The minimum Gasteiger partial charge on any atom is -0.451 e. The zero-order valence-electron chi connectivity index (χ0n) is 13.1. The molecule has 1 amide bonds. The fraction of sp³-hybridized carbons (Fsp3) is 0.333. The molecule has 126 valence electrons. The first-order chi connectivity index (χ1) is 11.6. The molecule has 1 N–H and O–H groups in total. The molecule has 0 radical (unpaired) electrons. The Morgan fingerprint density at radius 1 is 1.17 bits per heavy atom. The van der Waals surface area contributed by atoms with Gasteiger partial charge in [-0.25, -0.2) is 4.79 Å². The SMILES string of the molecule is O=C(COC(=O)c1cc2c(s1)CCCCC2)Nc1cccc(Cl)c1. The number of nitrogens with one attached hydrogen (secondary N) is 1. The first-order valence-corrected chi connectivity index (χ1v) is 9.15. The minimum atomic E-state index is -0.436. The van der Waals surface area contributed by atoms with E-state index < -0.39 is 5.97 Å². The van der Waals surface area contributed by atoms with Gasteiger partial charge >= 0.3 is 5.97 Å². The Hall–Kier alpha value is -1.85. The maximum absolute atomic E-state index is 12.1. The Morgan fingerprint density at radius 3 is 2.83 bits per heavy atom. The molecular formula is C18H18ClNO3S. The van der Waals surface area contributed by atoms with Gasteiger partial charge in [0.05, 0.1) is 0 Å². The Bertz CT molecular complexity index is 733. The number of hydrogen-bond acceptors (Lipinski definition) is 4. The molecule has 0 unspecified atom stereocenters. The summed E-state index contributed by atoms with van der Waals surface area (Å²) in [6.45, 7) is -0.312. The fourth-order valence-corrected chi connectivity index (χ4v) is 4.07. The number of fused-ring (bicyclic) bond motifs is 1. The molecule has 0 fully saturated rings. The highest BCUT2D eigenvalue weighted by atomic mass is 35.5. The third kappa shape index (κ3) is 4.36. The fourth-order valence-electron chi connectivity index (χ4n) is 2.73. The maximum Gasteiger partial charge on any atom is 0.348 e.